The van der Waals surface area contributed by atoms with Gasteiger partial charge in [0.2, 0.25) is 5.91 Å². The molecule has 5 nitrogen and oxygen atoms in total. The highest BCUT2D eigenvalue weighted by Gasteiger charge is 2.39. The minimum atomic E-state index is -1.08. The third kappa shape index (κ3) is 3.95. The zero-order valence-electron chi connectivity index (χ0n) is 13.1. The van der Waals surface area contributed by atoms with Gasteiger partial charge >= 0.3 is 5.97 Å². The van der Waals surface area contributed by atoms with Crippen LogP contribution in [0.2, 0.25) is 10.0 Å². The number of carboxylic acids is 1. The molecule has 25 heavy (non-hydrogen) atoms. The lowest BCUT2D eigenvalue weighted by Gasteiger charge is -2.40. The molecule has 2 atom stereocenters. The van der Waals surface area contributed by atoms with E-state index in [-0.39, 0.29) is 12.5 Å². The second-order valence-corrected chi connectivity index (χ2v) is 6.57. The van der Waals surface area contributed by atoms with Gasteiger partial charge in [-0.2, -0.15) is 0 Å². The van der Waals surface area contributed by atoms with Gasteiger partial charge < -0.3 is 14.7 Å². The molecule has 1 saturated heterocycles. The summed E-state index contributed by atoms with van der Waals surface area (Å²) < 4.78 is 5.76. The average molecular weight is 380 g/mol. The van der Waals surface area contributed by atoms with Crippen molar-refractivity contribution in [2.45, 2.75) is 12.1 Å². The highest BCUT2D eigenvalue weighted by molar-refractivity contribution is 6.30. The molecular formula is C18H15Cl2NO4. The minimum Gasteiger partial charge on any atom is -0.480 e. The highest BCUT2D eigenvalue weighted by Crippen LogP contribution is 2.40. The molecule has 1 N–H and O–H groups in total. The Balaban J connectivity index is 2.06. The standard InChI is InChI=1S/C18H15Cl2NO4/c19-13-6-4-11(5-7-13)17-18(12-2-1-3-14(20)8-12)25-10-15(22)21(17)9-16(23)24/h1-8,17-18H,9-10H2,(H,23,24). The average Bonchev–Trinajstić information content (AvgIpc) is 2.57. The number of amides is 1. The number of carboxylic acid groups (broad SMARTS) is 1. The fourth-order valence-electron chi connectivity index (χ4n) is 2.96. The lowest BCUT2D eigenvalue weighted by atomic mass is 9.92. The van der Waals surface area contributed by atoms with Crippen molar-refractivity contribution in [2.24, 2.45) is 0 Å². The molecule has 1 fully saturated rings. The van der Waals surface area contributed by atoms with Gasteiger partial charge in [-0.3, -0.25) is 9.59 Å². The van der Waals surface area contributed by atoms with E-state index in [2.05, 4.69) is 0 Å². The Hall–Kier alpha value is -2.08. The molecule has 2 unspecified atom stereocenters. The molecule has 1 aliphatic rings. The Morgan fingerprint density at radius 1 is 1.12 bits per heavy atom. The van der Waals surface area contributed by atoms with Crippen LogP contribution in [0, 0.1) is 0 Å². The van der Waals surface area contributed by atoms with Gasteiger partial charge in [0.1, 0.15) is 19.3 Å². The van der Waals surface area contributed by atoms with Crippen LogP contribution in [0.4, 0.5) is 0 Å². The number of benzene rings is 2. The van der Waals surface area contributed by atoms with Crippen molar-refractivity contribution in [1.82, 2.24) is 4.90 Å². The first kappa shape index (κ1) is 17.7. The van der Waals surface area contributed by atoms with Crippen LogP contribution >= 0.6 is 23.2 Å². The molecule has 2 aromatic rings. The number of rotatable bonds is 4. The van der Waals surface area contributed by atoms with Crippen LogP contribution in [-0.2, 0) is 14.3 Å². The van der Waals surface area contributed by atoms with Gasteiger partial charge in [-0.1, -0.05) is 47.5 Å². The van der Waals surface area contributed by atoms with E-state index in [1.165, 1.54) is 4.90 Å². The number of carbonyl (C=O) groups excluding carboxylic acids is 1. The van der Waals surface area contributed by atoms with Gasteiger partial charge in [-0.05, 0) is 35.4 Å². The normalized spacial score (nSPS) is 20.6. The Labute approximate surface area is 154 Å². The van der Waals surface area contributed by atoms with Crippen molar-refractivity contribution in [3.8, 4) is 0 Å². The summed E-state index contributed by atoms with van der Waals surface area (Å²) in [6.45, 7) is -0.596. The van der Waals surface area contributed by atoms with Crippen LogP contribution in [0.15, 0.2) is 48.5 Å². The molecule has 130 valence electrons. The Kier molecular flexibility index (Phi) is 5.27. The maximum absolute atomic E-state index is 12.3. The SMILES string of the molecule is O=C(O)CN1C(=O)COC(c2cccc(Cl)c2)C1c1ccc(Cl)cc1. The van der Waals surface area contributed by atoms with E-state index in [1.807, 2.05) is 6.07 Å². The quantitative estimate of drug-likeness (QED) is 0.878. The molecule has 0 saturated carbocycles. The van der Waals surface area contributed by atoms with Gasteiger partial charge in [-0.25, -0.2) is 0 Å². The van der Waals surface area contributed by atoms with E-state index >= 15 is 0 Å². The first-order chi connectivity index (χ1) is 12.0. The molecule has 7 heteroatoms. The molecule has 3 rings (SSSR count). The topological polar surface area (TPSA) is 66.8 Å². The Morgan fingerprint density at radius 2 is 1.84 bits per heavy atom. The van der Waals surface area contributed by atoms with Gasteiger partial charge in [0.15, 0.2) is 0 Å². The number of aliphatic carboxylic acids is 1. The van der Waals surface area contributed by atoms with Crippen LogP contribution in [0.3, 0.4) is 0 Å². The highest BCUT2D eigenvalue weighted by atomic mass is 35.5. The Morgan fingerprint density at radius 3 is 2.48 bits per heavy atom. The summed E-state index contributed by atoms with van der Waals surface area (Å²) >= 11 is 12.0. The van der Waals surface area contributed by atoms with Crippen LogP contribution in [0.1, 0.15) is 23.3 Å². The smallest absolute Gasteiger partial charge is 0.323 e. The second-order valence-electron chi connectivity index (χ2n) is 5.70. The van der Waals surface area contributed by atoms with E-state index in [1.54, 1.807) is 42.5 Å². The molecule has 0 aromatic heterocycles. The number of hydrogen-bond donors (Lipinski definition) is 1. The van der Waals surface area contributed by atoms with Crippen LogP contribution in [0.5, 0.6) is 0 Å². The molecule has 0 radical (unpaired) electrons. The fourth-order valence-corrected chi connectivity index (χ4v) is 3.29. The van der Waals surface area contributed by atoms with Crippen LogP contribution < -0.4 is 0 Å². The van der Waals surface area contributed by atoms with E-state index in [4.69, 9.17) is 27.9 Å². The predicted octanol–water partition coefficient (Wildman–Crippen LogP) is 3.72. The number of halogens is 2. The summed E-state index contributed by atoms with van der Waals surface area (Å²) in [7, 11) is 0. The van der Waals surface area contributed by atoms with Crippen molar-refractivity contribution < 1.29 is 19.4 Å². The van der Waals surface area contributed by atoms with Crippen molar-refractivity contribution in [3.63, 3.8) is 0 Å². The van der Waals surface area contributed by atoms with Gasteiger partial charge in [0.05, 0.1) is 6.04 Å². The monoisotopic (exact) mass is 379 g/mol. The van der Waals surface area contributed by atoms with Crippen molar-refractivity contribution in [2.75, 3.05) is 13.2 Å². The molecule has 0 bridgehead atoms. The van der Waals surface area contributed by atoms with Crippen LogP contribution in [0.25, 0.3) is 0 Å². The number of morpholine rings is 1. The molecule has 1 amide bonds. The summed E-state index contributed by atoms with van der Waals surface area (Å²) in [6, 6.07) is 13.5. The summed E-state index contributed by atoms with van der Waals surface area (Å²) in [5.74, 6) is -1.46. The molecule has 2 aromatic carbocycles. The molecule has 1 aliphatic heterocycles. The first-order valence-corrected chi connectivity index (χ1v) is 8.35. The second kappa shape index (κ2) is 7.44. The van der Waals surface area contributed by atoms with Crippen molar-refractivity contribution >= 4 is 35.1 Å². The molecule has 0 aliphatic carbocycles. The number of ether oxygens (including phenoxy) is 1. The predicted molar refractivity (Wildman–Crippen MR) is 93.7 cm³/mol. The van der Waals surface area contributed by atoms with E-state index < -0.39 is 24.7 Å². The maximum atomic E-state index is 12.3. The van der Waals surface area contributed by atoms with Crippen LogP contribution in [-0.4, -0.2) is 35.0 Å². The van der Waals surface area contributed by atoms with Crippen molar-refractivity contribution in [3.05, 3.63) is 69.7 Å². The molecule has 1 heterocycles. The van der Waals surface area contributed by atoms with Gasteiger partial charge in [-0.15, -0.1) is 0 Å². The lowest BCUT2D eigenvalue weighted by molar-refractivity contribution is -0.164. The number of carbonyl (C=O) groups is 2. The third-order valence-electron chi connectivity index (χ3n) is 4.02. The molecular weight excluding hydrogens is 365 g/mol. The zero-order valence-corrected chi connectivity index (χ0v) is 14.6. The van der Waals surface area contributed by atoms with E-state index in [0.29, 0.717) is 10.0 Å². The van der Waals surface area contributed by atoms with Gasteiger partial charge in [0, 0.05) is 10.0 Å². The summed E-state index contributed by atoms with van der Waals surface area (Å²) in [4.78, 5) is 24.9. The van der Waals surface area contributed by atoms with E-state index in [0.717, 1.165) is 11.1 Å². The first-order valence-electron chi connectivity index (χ1n) is 7.59. The number of hydrogen-bond acceptors (Lipinski definition) is 3. The van der Waals surface area contributed by atoms with Gasteiger partial charge in [0.25, 0.3) is 0 Å². The van der Waals surface area contributed by atoms with Crippen molar-refractivity contribution in [1.29, 1.82) is 0 Å². The summed E-state index contributed by atoms with van der Waals surface area (Å²) in [5.41, 5.74) is 1.51. The Bertz CT molecular complexity index is 794. The van der Waals surface area contributed by atoms with E-state index in [9.17, 15) is 14.7 Å². The minimum absolute atomic E-state index is 0.186. The number of nitrogens with zero attached hydrogens (tertiary/aromatic N) is 1. The fraction of sp³-hybridized carbons (Fsp3) is 0.222. The maximum Gasteiger partial charge on any atom is 0.323 e. The molecule has 0 spiro atoms. The lowest BCUT2D eigenvalue weighted by Crippen LogP contribution is -2.47. The third-order valence-corrected chi connectivity index (χ3v) is 4.51. The largest absolute Gasteiger partial charge is 0.480 e. The summed E-state index contributed by atoms with van der Waals surface area (Å²) in [6.07, 6.45) is -0.531. The zero-order chi connectivity index (χ0) is 18.0. The summed E-state index contributed by atoms with van der Waals surface area (Å²) in [5, 5.41) is 10.3.